The van der Waals surface area contributed by atoms with Crippen LogP contribution in [0.2, 0.25) is 0 Å². The van der Waals surface area contributed by atoms with Gasteiger partial charge in [-0.3, -0.25) is 4.79 Å². The van der Waals surface area contributed by atoms with E-state index in [2.05, 4.69) is 10.00 Å². The van der Waals surface area contributed by atoms with E-state index in [1.807, 2.05) is 13.8 Å². The molecular weight excluding hydrogens is 246 g/mol. The first-order chi connectivity index (χ1) is 8.87. The fraction of sp³-hybridized carbons (Fsp3) is 0.692. The van der Waals surface area contributed by atoms with Crippen LogP contribution in [0.25, 0.3) is 0 Å². The number of aromatic nitrogens is 2. The number of anilines is 1. The molecule has 0 saturated carbocycles. The van der Waals surface area contributed by atoms with Gasteiger partial charge in [0.15, 0.2) is 0 Å². The highest BCUT2D eigenvalue weighted by atomic mass is 16.5. The molecule has 1 unspecified atom stereocenters. The Hall–Kier alpha value is -1.40. The predicted octanol–water partition coefficient (Wildman–Crippen LogP) is 0.239. The molecule has 0 aliphatic carbocycles. The van der Waals surface area contributed by atoms with Gasteiger partial charge in [-0.15, -0.1) is 0 Å². The summed E-state index contributed by atoms with van der Waals surface area (Å²) in [4.78, 5) is 14.0. The van der Waals surface area contributed by atoms with Gasteiger partial charge in [0, 0.05) is 19.2 Å². The summed E-state index contributed by atoms with van der Waals surface area (Å²) in [5.74, 6) is 0. The van der Waals surface area contributed by atoms with Crippen LogP contribution in [0.5, 0.6) is 0 Å². The van der Waals surface area contributed by atoms with E-state index >= 15 is 0 Å². The smallest absolute Gasteiger partial charge is 0.268 e. The number of aliphatic hydroxyl groups excluding tert-OH is 1. The van der Waals surface area contributed by atoms with Crippen LogP contribution in [0, 0.1) is 0 Å². The number of ether oxygens (including phenoxy) is 1. The van der Waals surface area contributed by atoms with E-state index in [0.717, 1.165) is 18.8 Å². The molecule has 1 N–H and O–H groups in total. The first-order valence-electron chi connectivity index (χ1n) is 6.51. The summed E-state index contributed by atoms with van der Waals surface area (Å²) in [6.07, 6.45) is 1.09. The third kappa shape index (κ3) is 3.54. The van der Waals surface area contributed by atoms with E-state index in [1.54, 1.807) is 19.2 Å². The number of nitrogens with zero attached hydrogens (tertiary/aromatic N) is 3. The topological polar surface area (TPSA) is 67.6 Å². The third-order valence-electron chi connectivity index (χ3n) is 3.08. The Morgan fingerprint density at radius 2 is 2.32 bits per heavy atom. The fourth-order valence-electron chi connectivity index (χ4n) is 2.22. The largest absolute Gasteiger partial charge is 0.391 e. The van der Waals surface area contributed by atoms with E-state index in [1.165, 1.54) is 4.68 Å². The molecule has 6 heteroatoms. The van der Waals surface area contributed by atoms with Crippen LogP contribution in [-0.2, 0) is 11.3 Å². The number of aliphatic hydroxyl groups is 1. The SMILES string of the molecule is CC(O)Cn1ncc(N2CCOC(C)(C)C2)cc1=O. The van der Waals surface area contributed by atoms with Gasteiger partial charge in [-0.1, -0.05) is 0 Å². The van der Waals surface area contributed by atoms with Crippen LogP contribution in [0.1, 0.15) is 20.8 Å². The van der Waals surface area contributed by atoms with Gasteiger partial charge in [-0.25, -0.2) is 4.68 Å². The Labute approximate surface area is 112 Å². The van der Waals surface area contributed by atoms with Crippen LogP contribution in [0.4, 0.5) is 5.69 Å². The maximum atomic E-state index is 11.9. The maximum Gasteiger partial charge on any atom is 0.268 e. The summed E-state index contributed by atoms with van der Waals surface area (Å²) in [5.41, 5.74) is 0.401. The van der Waals surface area contributed by atoms with Crippen LogP contribution in [-0.4, -0.2) is 46.3 Å². The summed E-state index contributed by atoms with van der Waals surface area (Å²) in [5, 5.41) is 13.4. The molecule has 6 nitrogen and oxygen atoms in total. The molecule has 1 aromatic heterocycles. The molecular formula is C13H21N3O3. The monoisotopic (exact) mass is 267 g/mol. The van der Waals surface area contributed by atoms with Gasteiger partial charge in [-0.2, -0.15) is 5.10 Å². The second kappa shape index (κ2) is 5.30. The zero-order valence-electron chi connectivity index (χ0n) is 11.7. The van der Waals surface area contributed by atoms with E-state index in [9.17, 15) is 9.90 Å². The number of hydrogen-bond donors (Lipinski definition) is 1. The quantitative estimate of drug-likeness (QED) is 0.849. The van der Waals surface area contributed by atoms with E-state index < -0.39 is 6.10 Å². The van der Waals surface area contributed by atoms with Crippen LogP contribution >= 0.6 is 0 Å². The van der Waals surface area contributed by atoms with Crippen molar-refractivity contribution in [1.82, 2.24) is 9.78 Å². The van der Waals surface area contributed by atoms with Crippen LogP contribution in [0.15, 0.2) is 17.1 Å². The van der Waals surface area contributed by atoms with Crippen LogP contribution < -0.4 is 10.5 Å². The third-order valence-corrected chi connectivity index (χ3v) is 3.08. The lowest BCUT2D eigenvalue weighted by Gasteiger charge is -2.39. The molecule has 1 saturated heterocycles. The van der Waals surface area contributed by atoms with Crippen molar-refractivity contribution in [3.05, 3.63) is 22.6 Å². The summed E-state index contributed by atoms with van der Waals surface area (Å²) in [6, 6.07) is 1.57. The van der Waals surface area contributed by atoms with Crippen molar-refractivity contribution in [2.45, 2.75) is 39.0 Å². The Balaban J connectivity index is 2.18. The highest BCUT2D eigenvalue weighted by molar-refractivity contribution is 5.43. The van der Waals surface area contributed by atoms with E-state index in [4.69, 9.17) is 4.74 Å². The van der Waals surface area contributed by atoms with Gasteiger partial charge < -0.3 is 14.7 Å². The minimum Gasteiger partial charge on any atom is -0.391 e. The Morgan fingerprint density at radius 1 is 1.58 bits per heavy atom. The van der Waals surface area contributed by atoms with Crippen molar-refractivity contribution < 1.29 is 9.84 Å². The molecule has 106 valence electrons. The van der Waals surface area contributed by atoms with Gasteiger partial charge in [0.05, 0.1) is 36.7 Å². The highest BCUT2D eigenvalue weighted by Crippen LogP contribution is 2.21. The summed E-state index contributed by atoms with van der Waals surface area (Å²) in [6.45, 7) is 8.03. The number of morpholine rings is 1. The van der Waals surface area contributed by atoms with Crippen molar-refractivity contribution in [2.75, 3.05) is 24.6 Å². The summed E-state index contributed by atoms with van der Waals surface area (Å²) < 4.78 is 6.92. The normalized spacial score (nSPS) is 20.3. The predicted molar refractivity (Wildman–Crippen MR) is 72.4 cm³/mol. The standard InChI is InChI=1S/C13H21N3O3/c1-10(17)8-16-12(18)6-11(7-14-16)15-4-5-19-13(2,3)9-15/h6-7,10,17H,4-5,8-9H2,1-3H3. The molecule has 2 rings (SSSR count). The average molecular weight is 267 g/mol. The molecule has 0 bridgehead atoms. The molecule has 19 heavy (non-hydrogen) atoms. The van der Waals surface area contributed by atoms with Crippen molar-refractivity contribution in [3.8, 4) is 0 Å². The summed E-state index contributed by atoms with van der Waals surface area (Å²) >= 11 is 0. The molecule has 0 aromatic carbocycles. The lowest BCUT2D eigenvalue weighted by atomic mass is 10.1. The molecule has 1 aliphatic heterocycles. The van der Waals surface area contributed by atoms with Crippen molar-refractivity contribution in [2.24, 2.45) is 0 Å². The molecule has 0 amide bonds. The zero-order valence-corrected chi connectivity index (χ0v) is 11.7. The van der Waals surface area contributed by atoms with Crippen molar-refractivity contribution in [1.29, 1.82) is 0 Å². The first kappa shape index (κ1) is 14.0. The lowest BCUT2D eigenvalue weighted by Crippen LogP contribution is -2.48. The Morgan fingerprint density at radius 3 is 2.89 bits per heavy atom. The second-order valence-corrected chi connectivity index (χ2v) is 5.61. The number of rotatable bonds is 3. The second-order valence-electron chi connectivity index (χ2n) is 5.61. The Bertz CT molecular complexity index is 496. The Kier molecular flexibility index (Phi) is 3.91. The molecule has 0 radical (unpaired) electrons. The zero-order chi connectivity index (χ0) is 14.0. The van der Waals surface area contributed by atoms with Crippen molar-refractivity contribution >= 4 is 5.69 Å². The van der Waals surface area contributed by atoms with E-state index in [0.29, 0.717) is 6.61 Å². The molecule has 0 spiro atoms. The molecule has 1 aromatic rings. The fourth-order valence-corrected chi connectivity index (χ4v) is 2.22. The maximum absolute atomic E-state index is 11.9. The van der Waals surface area contributed by atoms with Gasteiger partial charge in [0.25, 0.3) is 5.56 Å². The average Bonchev–Trinajstić information content (AvgIpc) is 2.30. The van der Waals surface area contributed by atoms with Crippen molar-refractivity contribution in [3.63, 3.8) is 0 Å². The number of hydrogen-bond acceptors (Lipinski definition) is 5. The highest BCUT2D eigenvalue weighted by Gasteiger charge is 2.27. The van der Waals surface area contributed by atoms with Gasteiger partial charge in [0.2, 0.25) is 0 Å². The molecule has 1 fully saturated rings. The van der Waals surface area contributed by atoms with Gasteiger partial charge >= 0.3 is 0 Å². The molecule has 1 aliphatic rings. The first-order valence-corrected chi connectivity index (χ1v) is 6.51. The molecule has 2 heterocycles. The van der Waals surface area contributed by atoms with Gasteiger partial charge in [-0.05, 0) is 20.8 Å². The van der Waals surface area contributed by atoms with Crippen LogP contribution in [0.3, 0.4) is 0 Å². The lowest BCUT2D eigenvalue weighted by molar-refractivity contribution is -0.0277. The molecule has 1 atom stereocenters. The minimum absolute atomic E-state index is 0.192. The minimum atomic E-state index is -0.585. The van der Waals surface area contributed by atoms with Gasteiger partial charge in [0.1, 0.15) is 0 Å². The summed E-state index contributed by atoms with van der Waals surface area (Å²) in [7, 11) is 0. The van der Waals surface area contributed by atoms with E-state index in [-0.39, 0.29) is 17.7 Å².